The minimum absolute atomic E-state index is 0.705. The first-order chi connectivity index (χ1) is 9.65. The molecule has 0 aromatic carbocycles. The molecule has 20 heavy (non-hydrogen) atoms. The van der Waals surface area contributed by atoms with Gasteiger partial charge in [0.25, 0.3) is 0 Å². The Kier molecular flexibility index (Phi) is 4.92. The molecule has 0 aliphatic carbocycles. The highest BCUT2D eigenvalue weighted by molar-refractivity contribution is 7.09. The number of nitrogens with zero attached hydrogens (tertiary/aromatic N) is 3. The van der Waals surface area contributed by atoms with Crippen molar-refractivity contribution in [1.82, 2.24) is 9.97 Å². The summed E-state index contributed by atoms with van der Waals surface area (Å²) in [6.45, 7) is 4.95. The third-order valence-electron chi connectivity index (χ3n) is 3.11. The second-order valence-electron chi connectivity index (χ2n) is 4.77. The fraction of sp³-hybridized carbons (Fsp3) is 0.429. The summed E-state index contributed by atoms with van der Waals surface area (Å²) < 4.78 is 0. The molecule has 0 spiro atoms. The smallest absolute Gasteiger partial charge is 0.148 e. The lowest BCUT2D eigenvalue weighted by Crippen LogP contribution is -2.21. The first-order valence-corrected chi connectivity index (χ1v) is 7.61. The molecule has 0 radical (unpaired) electrons. The summed E-state index contributed by atoms with van der Waals surface area (Å²) in [6, 6.07) is 4.20. The van der Waals surface area contributed by atoms with Crippen LogP contribution in [-0.4, -0.2) is 17.0 Å². The number of anilines is 2. The van der Waals surface area contributed by atoms with Crippen molar-refractivity contribution >= 4 is 23.0 Å². The molecule has 2 aromatic heterocycles. The number of thiophene rings is 1. The van der Waals surface area contributed by atoms with Crippen LogP contribution in [-0.2, 0) is 13.0 Å². The Morgan fingerprint density at radius 3 is 2.80 bits per heavy atom. The van der Waals surface area contributed by atoms with Gasteiger partial charge >= 0.3 is 0 Å². The van der Waals surface area contributed by atoms with E-state index < -0.39 is 0 Å². The number of nitrogen functional groups attached to an aromatic ring is 1. The largest absolute Gasteiger partial charge is 0.354 e. The maximum Gasteiger partial charge on any atom is 0.148 e. The van der Waals surface area contributed by atoms with Gasteiger partial charge < -0.3 is 10.3 Å². The average molecular weight is 291 g/mol. The van der Waals surface area contributed by atoms with E-state index in [0.717, 1.165) is 36.6 Å². The highest BCUT2D eigenvalue weighted by Gasteiger charge is 2.14. The van der Waals surface area contributed by atoms with Gasteiger partial charge in [-0.05, 0) is 24.8 Å². The van der Waals surface area contributed by atoms with E-state index in [-0.39, 0.29) is 0 Å². The summed E-state index contributed by atoms with van der Waals surface area (Å²) in [5, 5.41) is 2.09. The molecule has 0 atom stereocenters. The Morgan fingerprint density at radius 1 is 1.40 bits per heavy atom. The molecule has 0 aliphatic rings. The van der Waals surface area contributed by atoms with Crippen LogP contribution in [0.4, 0.5) is 11.6 Å². The molecule has 0 bridgehead atoms. The van der Waals surface area contributed by atoms with E-state index in [1.165, 1.54) is 4.88 Å². The number of nitrogens with two attached hydrogens (primary N) is 1. The standard InChI is InChI=1S/C14H21N5S/c1-4-6-12-16-13(18-15)10(2)14(17-12)19(3)9-11-7-5-8-20-11/h5,7-8H,4,6,9,15H2,1-3H3,(H,16,17,18). The first-order valence-electron chi connectivity index (χ1n) is 6.73. The summed E-state index contributed by atoms with van der Waals surface area (Å²) in [5.41, 5.74) is 3.65. The predicted molar refractivity (Wildman–Crippen MR) is 85.0 cm³/mol. The number of hydrogen-bond donors (Lipinski definition) is 2. The van der Waals surface area contributed by atoms with E-state index in [9.17, 15) is 0 Å². The minimum atomic E-state index is 0.705. The Balaban J connectivity index is 2.30. The normalized spacial score (nSPS) is 10.6. The van der Waals surface area contributed by atoms with Crippen molar-refractivity contribution in [2.75, 3.05) is 17.4 Å². The van der Waals surface area contributed by atoms with Crippen LogP contribution in [0.25, 0.3) is 0 Å². The third-order valence-corrected chi connectivity index (χ3v) is 3.97. The number of aromatic nitrogens is 2. The number of nitrogens with one attached hydrogen (secondary N) is 1. The highest BCUT2D eigenvalue weighted by atomic mass is 32.1. The zero-order valence-corrected chi connectivity index (χ0v) is 13.0. The number of hydrazine groups is 1. The van der Waals surface area contributed by atoms with Gasteiger partial charge in [0.2, 0.25) is 0 Å². The lowest BCUT2D eigenvalue weighted by Gasteiger charge is -2.21. The van der Waals surface area contributed by atoms with Gasteiger partial charge in [-0.25, -0.2) is 15.8 Å². The van der Waals surface area contributed by atoms with Gasteiger partial charge in [0, 0.05) is 23.9 Å². The van der Waals surface area contributed by atoms with E-state index >= 15 is 0 Å². The van der Waals surface area contributed by atoms with Crippen molar-refractivity contribution < 1.29 is 0 Å². The second-order valence-corrected chi connectivity index (χ2v) is 5.80. The van der Waals surface area contributed by atoms with Gasteiger partial charge in [0.05, 0.1) is 6.54 Å². The van der Waals surface area contributed by atoms with Crippen molar-refractivity contribution in [3.05, 3.63) is 33.8 Å². The summed E-state index contributed by atoms with van der Waals surface area (Å²) in [6.07, 6.45) is 1.87. The van der Waals surface area contributed by atoms with Gasteiger partial charge in [-0.2, -0.15) is 0 Å². The molecular weight excluding hydrogens is 270 g/mol. The van der Waals surface area contributed by atoms with Gasteiger partial charge in [0.1, 0.15) is 17.5 Å². The van der Waals surface area contributed by atoms with Crippen LogP contribution in [0.3, 0.4) is 0 Å². The molecule has 108 valence electrons. The van der Waals surface area contributed by atoms with Crippen LogP contribution in [0.5, 0.6) is 0 Å². The Bertz CT molecular complexity index is 553. The second kappa shape index (κ2) is 6.67. The monoisotopic (exact) mass is 291 g/mol. The molecule has 0 aliphatic heterocycles. The molecule has 0 amide bonds. The molecule has 5 nitrogen and oxygen atoms in total. The van der Waals surface area contributed by atoms with E-state index in [2.05, 4.69) is 44.7 Å². The van der Waals surface area contributed by atoms with Crippen LogP contribution >= 0.6 is 11.3 Å². The zero-order valence-electron chi connectivity index (χ0n) is 12.2. The number of aryl methyl sites for hydroxylation is 1. The highest BCUT2D eigenvalue weighted by Crippen LogP contribution is 2.24. The fourth-order valence-electron chi connectivity index (χ4n) is 2.11. The van der Waals surface area contributed by atoms with E-state index in [1.807, 2.05) is 14.0 Å². The SMILES string of the molecule is CCCc1nc(NN)c(C)c(N(C)Cc2cccs2)n1. The Hall–Kier alpha value is -1.66. The van der Waals surface area contributed by atoms with E-state index in [0.29, 0.717) is 5.82 Å². The molecular formula is C14H21N5S. The molecule has 0 fully saturated rings. The Morgan fingerprint density at radius 2 is 2.20 bits per heavy atom. The molecule has 0 unspecified atom stereocenters. The van der Waals surface area contributed by atoms with Crippen LogP contribution < -0.4 is 16.2 Å². The molecule has 2 heterocycles. The van der Waals surface area contributed by atoms with Crippen molar-refractivity contribution in [3.8, 4) is 0 Å². The zero-order chi connectivity index (χ0) is 14.5. The summed E-state index contributed by atoms with van der Waals surface area (Å²) in [4.78, 5) is 12.6. The molecule has 3 N–H and O–H groups in total. The third kappa shape index (κ3) is 3.26. The summed E-state index contributed by atoms with van der Waals surface area (Å²) in [7, 11) is 2.05. The quantitative estimate of drug-likeness (QED) is 0.633. The minimum Gasteiger partial charge on any atom is -0.354 e. The Labute approximate surface area is 123 Å². The fourth-order valence-corrected chi connectivity index (χ4v) is 2.87. The number of rotatable bonds is 6. The molecule has 2 aromatic rings. The van der Waals surface area contributed by atoms with Crippen LogP contribution in [0.1, 0.15) is 29.6 Å². The molecule has 2 rings (SSSR count). The van der Waals surface area contributed by atoms with Crippen LogP contribution in [0.2, 0.25) is 0 Å². The van der Waals surface area contributed by atoms with Gasteiger partial charge in [-0.15, -0.1) is 11.3 Å². The molecule has 6 heteroatoms. The molecule has 0 saturated heterocycles. The summed E-state index contributed by atoms with van der Waals surface area (Å²) >= 11 is 1.75. The van der Waals surface area contributed by atoms with Gasteiger partial charge in [0.15, 0.2) is 0 Å². The molecule has 0 saturated carbocycles. The lowest BCUT2D eigenvalue weighted by atomic mass is 10.2. The summed E-state index contributed by atoms with van der Waals surface area (Å²) in [5.74, 6) is 8.04. The van der Waals surface area contributed by atoms with Crippen molar-refractivity contribution in [2.24, 2.45) is 5.84 Å². The van der Waals surface area contributed by atoms with Crippen molar-refractivity contribution in [1.29, 1.82) is 0 Å². The van der Waals surface area contributed by atoms with Gasteiger partial charge in [-0.1, -0.05) is 13.0 Å². The predicted octanol–water partition coefficient (Wildman–Crippen LogP) is 2.72. The van der Waals surface area contributed by atoms with Crippen molar-refractivity contribution in [3.63, 3.8) is 0 Å². The topological polar surface area (TPSA) is 67.1 Å². The maximum absolute atomic E-state index is 5.56. The van der Waals surface area contributed by atoms with E-state index in [1.54, 1.807) is 11.3 Å². The van der Waals surface area contributed by atoms with E-state index in [4.69, 9.17) is 5.84 Å². The van der Waals surface area contributed by atoms with Gasteiger partial charge in [-0.3, -0.25) is 0 Å². The van der Waals surface area contributed by atoms with Crippen molar-refractivity contribution in [2.45, 2.75) is 33.2 Å². The first kappa shape index (κ1) is 14.7. The lowest BCUT2D eigenvalue weighted by molar-refractivity contribution is 0.809. The number of hydrogen-bond acceptors (Lipinski definition) is 6. The van der Waals surface area contributed by atoms with Crippen LogP contribution in [0.15, 0.2) is 17.5 Å². The van der Waals surface area contributed by atoms with Crippen LogP contribution in [0, 0.1) is 6.92 Å². The average Bonchev–Trinajstić information content (AvgIpc) is 2.93. The maximum atomic E-state index is 5.56.